The van der Waals surface area contributed by atoms with E-state index in [1.54, 1.807) is 0 Å². The largest absolute Gasteiger partial charge is 0.462 e. The van der Waals surface area contributed by atoms with Crippen LogP contribution >= 0.6 is 0 Å². The van der Waals surface area contributed by atoms with E-state index >= 15 is 0 Å². The fourth-order valence-electron chi connectivity index (χ4n) is 9.13. The first-order valence-corrected chi connectivity index (χ1v) is 31.0. The summed E-state index contributed by atoms with van der Waals surface area (Å²) in [5, 5.41) is 0. The molecule has 0 bridgehead atoms. The smallest absolute Gasteiger partial charge is 0.306 e. The number of unbranched alkanes of at least 4 members (excludes halogenated alkanes) is 40. The van der Waals surface area contributed by atoms with Crippen LogP contribution in [0.25, 0.3) is 0 Å². The Morgan fingerprint density at radius 3 is 0.714 bits per heavy atom. The van der Waals surface area contributed by atoms with Gasteiger partial charge in [0.25, 0.3) is 0 Å². The Hall–Kier alpha value is -2.37. The monoisotopic (exact) mass is 983 g/mol. The van der Waals surface area contributed by atoms with E-state index in [-0.39, 0.29) is 31.1 Å². The molecule has 0 aromatic rings. The minimum absolute atomic E-state index is 0.0749. The quantitative estimate of drug-likeness (QED) is 0.0261. The molecule has 0 saturated heterocycles. The van der Waals surface area contributed by atoms with Crippen LogP contribution in [0, 0.1) is 0 Å². The number of allylic oxidation sites excluding steroid dienone is 6. The average Bonchev–Trinajstić information content (AvgIpc) is 3.36. The van der Waals surface area contributed by atoms with Crippen molar-refractivity contribution < 1.29 is 28.6 Å². The Labute approximate surface area is 435 Å². The molecule has 0 spiro atoms. The van der Waals surface area contributed by atoms with Crippen molar-refractivity contribution in [1.82, 2.24) is 0 Å². The van der Waals surface area contributed by atoms with E-state index in [2.05, 4.69) is 57.2 Å². The molecule has 0 rings (SSSR count). The summed E-state index contributed by atoms with van der Waals surface area (Å²) in [5.41, 5.74) is 0. The SMILES string of the molecule is CCCCCCCC/C=C\CCCCCCCCCC(=O)OCC(COC(=O)CCCCCCCCC/C=C\CCCCCCCCC)OC(=O)CCCCCCCCC/C=C\CCCCCCCC. The van der Waals surface area contributed by atoms with Crippen LogP contribution in [-0.2, 0) is 28.6 Å². The third-order valence-corrected chi connectivity index (χ3v) is 13.8. The number of carbonyl (C=O) groups excluding carboxylic acids is 3. The molecule has 0 radical (unpaired) electrons. The molecule has 0 amide bonds. The zero-order valence-corrected chi connectivity index (χ0v) is 47.1. The van der Waals surface area contributed by atoms with Crippen molar-refractivity contribution in [3.05, 3.63) is 36.5 Å². The predicted octanol–water partition coefficient (Wildman–Crippen LogP) is 20.8. The van der Waals surface area contributed by atoms with Crippen LogP contribution in [0.1, 0.15) is 335 Å². The summed E-state index contributed by atoms with van der Waals surface area (Å²) >= 11 is 0. The van der Waals surface area contributed by atoms with Crippen molar-refractivity contribution in [1.29, 1.82) is 0 Å². The van der Waals surface area contributed by atoms with E-state index in [0.29, 0.717) is 19.3 Å². The van der Waals surface area contributed by atoms with Gasteiger partial charge in [-0.15, -0.1) is 0 Å². The van der Waals surface area contributed by atoms with E-state index in [1.807, 2.05) is 0 Å². The molecule has 1 unspecified atom stereocenters. The highest BCUT2D eigenvalue weighted by Crippen LogP contribution is 2.16. The van der Waals surface area contributed by atoms with Gasteiger partial charge in [0.05, 0.1) is 0 Å². The maximum atomic E-state index is 12.9. The van der Waals surface area contributed by atoms with E-state index in [0.717, 1.165) is 57.8 Å². The van der Waals surface area contributed by atoms with E-state index in [9.17, 15) is 14.4 Å². The van der Waals surface area contributed by atoms with Crippen LogP contribution in [0.15, 0.2) is 36.5 Å². The summed E-state index contributed by atoms with van der Waals surface area (Å²) in [6.07, 6.45) is 71.4. The Morgan fingerprint density at radius 2 is 0.471 bits per heavy atom. The molecule has 70 heavy (non-hydrogen) atoms. The molecule has 0 aliphatic rings. The second kappa shape index (κ2) is 59.2. The topological polar surface area (TPSA) is 78.9 Å². The molecule has 0 fully saturated rings. The van der Waals surface area contributed by atoms with Gasteiger partial charge in [-0.3, -0.25) is 14.4 Å². The van der Waals surface area contributed by atoms with Gasteiger partial charge in [-0.25, -0.2) is 0 Å². The standard InChI is InChI=1S/C64H118O6/c1-4-7-10-13-16-19-22-25-28-31-34-36-39-42-45-48-51-54-57-63(66)69-60-61(70-64(67)58-55-52-49-46-43-40-37-33-30-27-24-21-18-15-12-9-6-3)59-68-62(65)56-53-50-47-44-41-38-35-32-29-26-23-20-17-14-11-8-5-2/h26-31,61H,4-25,32-60H2,1-3H3/b29-26-,30-27-,31-28-. The molecular formula is C64H118O6. The van der Waals surface area contributed by atoms with Crippen molar-refractivity contribution in [2.45, 2.75) is 341 Å². The Morgan fingerprint density at radius 1 is 0.271 bits per heavy atom. The van der Waals surface area contributed by atoms with Crippen LogP contribution < -0.4 is 0 Å². The molecule has 0 aromatic heterocycles. The Balaban J connectivity index is 4.36. The minimum atomic E-state index is -0.777. The first kappa shape index (κ1) is 67.6. The number of esters is 3. The number of rotatable bonds is 57. The second-order valence-corrected chi connectivity index (χ2v) is 21.0. The Kier molecular flexibility index (Phi) is 57.2. The lowest BCUT2D eigenvalue weighted by Gasteiger charge is -2.18. The Bertz CT molecular complexity index is 1170. The molecule has 0 aliphatic carbocycles. The molecular weight excluding hydrogens is 865 g/mol. The lowest BCUT2D eigenvalue weighted by Crippen LogP contribution is -2.30. The number of hydrogen-bond acceptors (Lipinski definition) is 6. The zero-order chi connectivity index (χ0) is 50.7. The van der Waals surface area contributed by atoms with Crippen LogP contribution in [0.4, 0.5) is 0 Å². The van der Waals surface area contributed by atoms with Gasteiger partial charge in [0.2, 0.25) is 0 Å². The summed E-state index contributed by atoms with van der Waals surface area (Å²) in [6.45, 7) is 6.67. The normalized spacial score (nSPS) is 12.2. The molecule has 0 aliphatic heterocycles. The van der Waals surface area contributed by atoms with Crippen LogP contribution in [0.2, 0.25) is 0 Å². The predicted molar refractivity (Wildman–Crippen MR) is 302 cm³/mol. The van der Waals surface area contributed by atoms with Crippen LogP contribution in [0.5, 0.6) is 0 Å². The molecule has 0 N–H and O–H groups in total. The zero-order valence-electron chi connectivity index (χ0n) is 47.1. The maximum Gasteiger partial charge on any atom is 0.306 e. The first-order valence-electron chi connectivity index (χ1n) is 31.0. The highest BCUT2D eigenvalue weighted by atomic mass is 16.6. The fourth-order valence-corrected chi connectivity index (χ4v) is 9.13. The van der Waals surface area contributed by atoms with Crippen LogP contribution in [-0.4, -0.2) is 37.2 Å². The summed E-state index contributed by atoms with van der Waals surface area (Å²) in [6, 6.07) is 0. The maximum absolute atomic E-state index is 12.9. The van der Waals surface area contributed by atoms with Crippen molar-refractivity contribution >= 4 is 17.9 Å². The van der Waals surface area contributed by atoms with Crippen molar-refractivity contribution in [3.63, 3.8) is 0 Å². The van der Waals surface area contributed by atoms with Crippen LogP contribution in [0.3, 0.4) is 0 Å². The summed E-state index contributed by atoms with van der Waals surface area (Å²) in [5.74, 6) is -0.868. The summed E-state index contributed by atoms with van der Waals surface area (Å²) < 4.78 is 16.9. The van der Waals surface area contributed by atoms with Gasteiger partial charge < -0.3 is 14.2 Å². The van der Waals surface area contributed by atoms with Crippen molar-refractivity contribution in [2.24, 2.45) is 0 Å². The summed E-state index contributed by atoms with van der Waals surface area (Å²) in [7, 11) is 0. The fraction of sp³-hybridized carbons (Fsp3) is 0.859. The number of carbonyl (C=O) groups is 3. The molecule has 1 atom stereocenters. The van der Waals surface area contributed by atoms with Gasteiger partial charge in [0.1, 0.15) is 13.2 Å². The summed E-state index contributed by atoms with van der Waals surface area (Å²) in [4.78, 5) is 38.3. The molecule has 0 saturated carbocycles. The third-order valence-electron chi connectivity index (χ3n) is 13.8. The minimum Gasteiger partial charge on any atom is -0.462 e. The molecule has 0 heterocycles. The lowest BCUT2D eigenvalue weighted by molar-refractivity contribution is -0.167. The van der Waals surface area contributed by atoms with Gasteiger partial charge in [-0.1, -0.05) is 256 Å². The second-order valence-electron chi connectivity index (χ2n) is 21.0. The van der Waals surface area contributed by atoms with E-state index < -0.39 is 6.10 Å². The first-order chi connectivity index (χ1) is 34.5. The third kappa shape index (κ3) is 56.5. The van der Waals surface area contributed by atoms with Crippen molar-refractivity contribution in [3.8, 4) is 0 Å². The highest BCUT2D eigenvalue weighted by Gasteiger charge is 2.19. The van der Waals surface area contributed by atoms with Gasteiger partial charge >= 0.3 is 17.9 Å². The highest BCUT2D eigenvalue weighted by molar-refractivity contribution is 5.71. The number of ether oxygens (including phenoxy) is 3. The van der Waals surface area contributed by atoms with E-state index in [4.69, 9.17) is 14.2 Å². The molecule has 410 valence electrons. The van der Waals surface area contributed by atoms with Gasteiger partial charge in [-0.2, -0.15) is 0 Å². The molecule has 0 aromatic carbocycles. The van der Waals surface area contributed by atoms with Gasteiger partial charge in [0, 0.05) is 19.3 Å². The number of hydrogen-bond donors (Lipinski definition) is 0. The van der Waals surface area contributed by atoms with E-state index in [1.165, 1.54) is 238 Å². The molecule has 6 heteroatoms. The lowest BCUT2D eigenvalue weighted by atomic mass is 10.1. The van der Waals surface area contributed by atoms with Gasteiger partial charge in [-0.05, 0) is 96.3 Å². The van der Waals surface area contributed by atoms with Crippen molar-refractivity contribution in [2.75, 3.05) is 13.2 Å². The molecule has 6 nitrogen and oxygen atoms in total. The average molecular weight is 984 g/mol. The van der Waals surface area contributed by atoms with Gasteiger partial charge in [0.15, 0.2) is 6.10 Å².